The number of carbonyl (C=O) groups is 2. The van der Waals surface area contributed by atoms with Crippen LogP contribution in [0, 0.1) is 5.92 Å². The number of rotatable bonds is 7. The first-order valence-corrected chi connectivity index (χ1v) is 7.48. The van der Waals surface area contributed by atoms with Gasteiger partial charge in [-0.1, -0.05) is 25.2 Å². The predicted octanol–water partition coefficient (Wildman–Crippen LogP) is 2.45. The number of carbonyl (C=O) groups excluding carboxylic acids is 1. The first kappa shape index (κ1) is 18.2. The fraction of sp³-hybridized carbons (Fsp3) is 0.529. The molecule has 5 nitrogen and oxygen atoms in total. The minimum Gasteiger partial charge on any atom is -0.481 e. The zero-order valence-electron chi connectivity index (χ0n) is 13.4. The molecule has 0 fully saturated rings. The van der Waals surface area contributed by atoms with Gasteiger partial charge in [0, 0.05) is 0 Å². The summed E-state index contributed by atoms with van der Waals surface area (Å²) in [7, 11) is 0. The molecular formula is C17H25NO4. The first-order chi connectivity index (χ1) is 10.3. The summed E-state index contributed by atoms with van der Waals surface area (Å²) in [5, 5.41) is 11.5. The highest BCUT2D eigenvalue weighted by Crippen LogP contribution is 2.22. The third-order valence-electron chi connectivity index (χ3n) is 3.60. The second-order valence-electron chi connectivity index (χ2n) is 5.73. The number of amides is 1. The molecule has 0 saturated heterocycles. The molecule has 122 valence electrons. The quantitative estimate of drug-likeness (QED) is 0.559. The Morgan fingerprint density at radius 2 is 2.23 bits per heavy atom. The molecule has 0 spiro atoms. The number of hydrogen-bond donors (Lipinski definition) is 2. The van der Waals surface area contributed by atoms with E-state index in [2.05, 4.69) is 11.9 Å². The van der Waals surface area contributed by atoms with Gasteiger partial charge in [-0.15, -0.1) is 6.58 Å². The van der Waals surface area contributed by atoms with Crippen molar-refractivity contribution in [3.8, 4) is 0 Å². The Bertz CT molecular complexity index is 481. The van der Waals surface area contributed by atoms with E-state index >= 15 is 0 Å². The summed E-state index contributed by atoms with van der Waals surface area (Å²) in [6.45, 7) is 9.37. The largest absolute Gasteiger partial charge is 0.481 e. The lowest BCUT2D eigenvalue weighted by molar-refractivity contribution is -0.137. The highest BCUT2D eigenvalue weighted by molar-refractivity contribution is 5.88. The Kier molecular flexibility index (Phi) is 7.05. The number of ether oxygens (including phenoxy) is 1. The van der Waals surface area contributed by atoms with Gasteiger partial charge in [-0.2, -0.15) is 0 Å². The molecule has 4 atom stereocenters. The summed E-state index contributed by atoms with van der Waals surface area (Å²) < 4.78 is 5.87. The van der Waals surface area contributed by atoms with Gasteiger partial charge in [0.15, 0.2) is 0 Å². The second kappa shape index (κ2) is 8.54. The van der Waals surface area contributed by atoms with Crippen molar-refractivity contribution in [3.63, 3.8) is 0 Å². The molecule has 0 saturated carbocycles. The maximum Gasteiger partial charge on any atom is 0.303 e. The van der Waals surface area contributed by atoms with Crippen LogP contribution in [0.3, 0.4) is 0 Å². The molecule has 22 heavy (non-hydrogen) atoms. The number of carboxylic acid groups (broad SMARTS) is 1. The topological polar surface area (TPSA) is 75.6 Å². The van der Waals surface area contributed by atoms with Crippen LogP contribution in [0.5, 0.6) is 0 Å². The summed E-state index contributed by atoms with van der Waals surface area (Å²) in [4.78, 5) is 22.5. The van der Waals surface area contributed by atoms with Gasteiger partial charge < -0.3 is 15.2 Å². The molecule has 1 aliphatic rings. The molecule has 2 N–H and O–H groups in total. The minimum atomic E-state index is -0.876. The molecule has 0 radical (unpaired) electrons. The average Bonchev–Trinajstić information content (AvgIpc) is 2.41. The van der Waals surface area contributed by atoms with Gasteiger partial charge in [-0.25, -0.2) is 0 Å². The monoisotopic (exact) mass is 307 g/mol. The van der Waals surface area contributed by atoms with Crippen molar-refractivity contribution in [1.82, 2.24) is 5.32 Å². The predicted molar refractivity (Wildman–Crippen MR) is 85.4 cm³/mol. The number of carboxylic acids is 1. The Morgan fingerprint density at radius 3 is 2.82 bits per heavy atom. The first-order valence-electron chi connectivity index (χ1n) is 7.48. The zero-order valence-corrected chi connectivity index (χ0v) is 13.4. The van der Waals surface area contributed by atoms with Crippen molar-refractivity contribution in [2.45, 2.75) is 51.9 Å². The lowest BCUT2D eigenvalue weighted by Gasteiger charge is -2.33. The zero-order chi connectivity index (χ0) is 16.7. The van der Waals surface area contributed by atoms with E-state index in [1.54, 1.807) is 13.0 Å². The molecule has 0 bridgehead atoms. The summed E-state index contributed by atoms with van der Waals surface area (Å²) in [5.74, 6) is -1.31. The maximum absolute atomic E-state index is 11.9. The van der Waals surface area contributed by atoms with Gasteiger partial charge in [-0.3, -0.25) is 9.59 Å². The Balaban J connectivity index is 2.59. The molecule has 0 aromatic carbocycles. The molecule has 1 rings (SSSR count). The molecule has 1 amide bonds. The summed E-state index contributed by atoms with van der Waals surface area (Å²) in [6.07, 6.45) is 7.48. The van der Waals surface area contributed by atoms with Crippen LogP contribution in [0.1, 0.15) is 33.6 Å². The van der Waals surface area contributed by atoms with E-state index in [1.807, 2.05) is 26.0 Å². The van der Waals surface area contributed by atoms with Gasteiger partial charge >= 0.3 is 5.97 Å². The van der Waals surface area contributed by atoms with Gasteiger partial charge in [0.1, 0.15) is 0 Å². The lowest BCUT2D eigenvalue weighted by atomic mass is 9.98. The van der Waals surface area contributed by atoms with Crippen LogP contribution in [-0.4, -0.2) is 35.2 Å². The van der Waals surface area contributed by atoms with Gasteiger partial charge in [0.2, 0.25) is 5.91 Å². The number of allylic oxidation sites excluding steroid dienone is 1. The smallest absolute Gasteiger partial charge is 0.303 e. The van der Waals surface area contributed by atoms with Crippen molar-refractivity contribution < 1.29 is 19.4 Å². The van der Waals surface area contributed by atoms with Crippen LogP contribution in [-0.2, 0) is 14.3 Å². The van der Waals surface area contributed by atoms with E-state index in [0.29, 0.717) is 0 Å². The van der Waals surface area contributed by atoms with E-state index in [9.17, 15) is 9.59 Å². The Labute approximate surface area is 131 Å². The molecular weight excluding hydrogens is 282 g/mol. The van der Waals surface area contributed by atoms with E-state index < -0.39 is 5.97 Å². The second-order valence-corrected chi connectivity index (χ2v) is 5.73. The molecule has 5 heteroatoms. The van der Waals surface area contributed by atoms with Crippen molar-refractivity contribution in [1.29, 1.82) is 0 Å². The van der Waals surface area contributed by atoms with E-state index in [-0.39, 0.29) is 36.5 Å². The molecule has 1 aliphatic heterocycles. The van der Waals surface area contributed by atoms with Crippen LogP contribution in [0.2, 0.25) is 0 Å². The summed E-state index contributed by atoms with van der Waals surface area (Å²) in [5.41, 5.74) is 1.08. The van der Waals surface area contributed by atoms with Gasteiger partial charge in [0.25, 0.3) is 0 Å². The van der Waals surface area contributed by atoms with E-state index in [4.69, 9.17) is 9.84 Å². The van der Waals surface area contributed by atoms with Gasteiger partial charge in [0.05, 0.1) is 24.7 Å². The summed E-state index contributed by atoms with van der Waals surface area (Å²) >= 11 is 0. The molecule has 1 unspecified atom stereocenters. The van der Waals surface area contributed by atoms with Crippen molar-refractivity contribution >= 4 is 11.9 Å². The third kappa shape index (κ3) is 5.85. The number of nitrogens with one attached hydrogen (secondary N) is 1. The average molecular weight is 307 g/mol. The molecule has 0 aliphatic carbocycles. The Hall–Kier alpha value is -1.88. The van der Waals surface area contributed by atoms with Crippen molar-refractivity contribution in [3.05, 3.63) is 36.5 Å². The van der Waals surface area contributed by atoms with Gasteiger partial charge in [-0.05, 0) is 37.8 Å². The maximum atomic E-state index is 11.9. The fourth-order valence-electron chi connectivity index (χ4n) is 2.34. The molecule has 0 aromatic rings. The highest BCUT2D eigenvalue weighted by Gasteiger charge is 2.27. The van der Waals surface area contributed by atoms with Crippen LogP contribution in [0.15, 0.2) is 36.5 Å². The summed E-state index contributed by atoms with van der Waals surface area (Å²) in [6, 6.07) is -0.187. The molecule has 0 aromatic heterocycles. The van der Waals surface area contributed by atoms with Crippen LogP contribution in [0.25, 0.3) is 0 Å². The fourth-order valence-corrected chi connectivity index (χ4v) is 2.34. The SMILES string of the molecule is C=CC[C@H]1O[C@H](C)[C@H](NC(=O)/C=C\C(C)CC(=O)O)C=C1C. The number of aliphatic carboxylic acids is 1. The van der Waals surface area contributed by atoms with Crippen LogP contribution < -0.4 is 5.32 Å². The van der Waals surface area contributed by atoms with Crippen LogP contribution in [0.4, 0.5) is 0 Å². The lowest BCUT2D eigenvalue weighted by Crippen LogP contribution is -2.46. The normalized spacial score (nSPS) is 26.3. The number of hydrogen-bond acceptors (Lipinski definition) is 3. The molecule has 1 heterocycles. The minimum absolute atomic E-state index is 0.00890. The van der Waals surface area contributed by atoms with E-state index in [0.717, 1.165) is 12.0 Å². The van der Waals surface area contributed by atoms with Crippen molar-refractivity contribution in [2.24, 2.45) is 5.92 Å². The van der Waals surface area contributed by atoms with Crippen LogP contribution >= 0.6 is 0 Å². The highest BCUT2D eigenvalue weighted by atomic mass is 16.5. The third-order valence-corrected chi connectivity index (χ3v) is 3.60. The van der Waals surface area contributed by atoms with Crippen molar-refractivity contribution in [2.75, 3.05) is 0 Å². The Morgan fingerprint density at radius 1 is 1.55 bits per heavy atom. The van der Waals surface area contributed by atoms with E-state index in [1.165, 1.54) is 6.08 Å². The standard InChI is InChI=1S/C17H25NO4/c1-5-6-15-12(3)10-14(13(4)22-15)18-16(19)8-7-11(2)9-17(20)21/h5,7-8,10-11,13-15H,1,6,9H2,2-4H3,(H,18,19)(H,20,21)/b8-7-/t11?,13-,14-,15-/m1/s1.